The van der Waals surface area contributed by atoms with Gasteiger partial charge in [-0.15, -0.1) is 0 Å². The number of fused-ring (bicyclic) bond motifs is 1. The van der Waals surface area contributed by atoms with Gasteiger partial charge in [0.25, 0.3) is 15.9 Å². The van der Waals surface area contributed by atoms with Crippen molar-refractivity contribution in [1.29, 1.82) is 0 Å². The fourth-order valence-electron chi connectivity index (χ4n) is 5.53. The molecule has 0 radical (unpaired) electrons. The number of rotatable bonds is 12. The van der Waals surface area contributed by atoms with Crippen LogP contribution in [0.4, 0.5) is 5.69 Å². The van der Waals surface area contributed by atoms with E-state index in [-0.39, 0.29) is 53.3 Å². The van der Waals surface area contributed by atoms with Crippen LogP contribution >= 0.6 is 0 Å². The SMILES string of the molecule is COc1ccc(S(=O)(=O)Nc2ccc3c(c2)C(=O)N([C@@H](C)CO)C[C@@H](C)[C@@H](CN(C)C(=O)CCCN(C)C)OCCCC[C@H](C)O3)cc1. The van der Waals surface area contributed by atoms with Gasteiger partial charge in [-0.05, 0) is 103 Å². The predicted molar refractivity (Wildman–Crippen MR) is 186 cm³/mol. The fraction of sp³-hybridized carbons (Fsp3) is 0.600. The second-order valence-electron chi connectivity index (χ2n) is 13.0. The Morgan fingerprint density at radius 2 is 1.83 bits per heavy atom. The van der Waals surface area contributed by atoms with Crippen molar-refractivity contribution in [3.8, 4) is 11.5 Å². The lowest BCUT2D eigenvalue weighted by Crippen LogP contribution is -2.48. The van der Waals surface area contributed by atoms with Crippen LogP contribution in [0.1, 0.15) is 63.2 Å². The molecule has 268 valence electrons. The first-order valence-electron chi connectivity index (χ1n) is 16.6. The molecule has 0 unspecified atom stereocenters. The average molecular weight is 691 g/mol. The Hall–Kier alpha value is -3.39. The molecular formula is C35H54N4O8S. The molecule has 2 aromatic rings. The lowest BCUT2D eigenvalue weighted by molar-refractivity contribution is -0.132. The van der Waals surface area contributed by atoms with Crippen LogP contribution in [0.15, 0.2) is 47.4 Å². The number of carbonyl (C=O) groups is 2. The first-order valence-corrected chi connectivity index (χ1v) is 18.1. The zero-order valence-corrected chi connectivity index (χ0v) is 30.3. The maximum atomic E-state index is 14.4. The van der Waals surface area contributed by atoms with Crippen LogP contribution in [0.2, 0.25) is 0 Å². The summed E-state index contributed by atoms with van der Waals surface area (Å²) < 4.78 is 46.8. The van der Waals surface area contributed by atoms with Gasteiger partial charge in [0.2, 0.25) is 5.91 Å². The molecule has 0 aromatic heterocycles. The molecule has 13 heteroatoms. The molecule has 1 heterocycles. The van der Waals surface area contributed by atoms with E-state index >= 15 is 0 Å². The summed E-state index contributed by atoms with van der Waals surface area (Å²) in [7, 11) is 3.25. The molecular weight excluding hydrogens is 636 g/mol. The first-order chi connectivity index (χ1) is 22.7. The fourth-order valence-corrected chi connectivity index (χ4v) is 6.58. The third-order valence-electron chi connectivity index (χ3n) is 8.55. The van der Waals surface area contributed by atoms with Crippen LogP contribution in [0.3, 0.4) is 0 Å². The van der Waals surface area contributed by atoms with E-state index in [1.54, 1.807) is 48.0 Å². The smallest absolute Gasteiger partial charge is 0.261 e. The van der Waals surface area contributed by atoms with Crippen molar-refractivity contribution in [3.05, 3.63) is 48.0 Å². The number of anilines is 1. The van der Waals surface area contributed by atoms with Crippen LogP contribution in [-0.4, -0.2) is 119 Å². The number of carbonyl (C=O) groups excluding carboxylic acids is 2. The van der Waals surface area contributed by atoms with E-state index in [0.29, 0.717) is 37.5 Å². The van der Waals surface area contributed by atoms with Crippen LogP contribution < -0.4 is 14.2 Å². The zero-order valence-electron chi connectivity index (χ0n) is 29.5. The lowest BCUT2D eigenvalue weighted by atomic mass is 10.0. The topological polar surface area (TPSA) is 138 Å². The van der Waals surface area contributed by atoms with Gasteiger partial charge in [-0.25, -0.2) is 8.42 Å². The molecule has 48 heavy (non-hydrogen) atoms. The Morgan fingerprint density at radius 3 is 2.48 bits per heavy atom. The maximum Gasteiger partial charge on any atom is 0.261 e. The predicted octanol–water partition coefficient (Wildman–Crippen LogP) is 4.09. The number of nitrogens with zero attached hydrogens (tertiary/aromatic N) is 3. The summed E-state index contributed by atoms with van der Waals surface area (Å²) in [6, 6.07) is 10.1. The third kappa shape index (κ3) is 11.4. The van der Waals surface area contributed by atoms with Crippen molar-refractivity contribution in [2.24, 2.45) is 5.92 Å². The number of hydrogen-bond acceptors (Lipinski definition) is 9. The van der Waals surface area contributed by atoms with Crippen LogP contribution in [0.5, 0.6) is 11.5 Å². The molecule has 2 aromatic carbocycles. The molecule has 0 bridgehead atoms. The van der Waals surface area contributed by atoms with Gasteiger partial charge in [-0.2, -0.15) is 0 Å². The van der Waals surface area contributed by atoms with Crippen LogP contribution in [0.25, 0.3) is 0 Å². The minimum atomic E-state index is -3.98. The molecule has 4 atom stereocenters. The summed E-state index contributed by atoms with van der Waals surface area (Å²) in [4.78, 5) is 32.7. The largest absolute Gasteiger partial charge is 0.497 e. The molecule has 0 aliphatic carbocycles. The van der Waals surface area contributed by atoms with Crippen molar-refractivity contribution < 1.29 is 37.3 Å². The number of aliphatic hydroxyl groups excluding tert-OH is 1. The number of hydrogen-bond donors (Lipinski definition) is 2. The van der Waals surface area contributed by atoms with Crippen LogP contribution in [-0.2, 0) is 19.6 Å². The van der Waals surface area contributed by atoms with E-state index in [2.05, 4.69) is 4.72 Å². The van der Waals surface area contributed by atoms with Crippen molar-refractivity contribution in [3.63, 3.8) is 0 Å². The molecule has 12 nitrogen and oxygen atoms in total. The van der Waals surface area contributed by atoms with E-state index in [4.69, 9.17) is 14.2 Å². The van der Waals surface area contributed by atoms with Crippen molar-refractivity contribution in [2.75, 3.05) is 65.8 Å². The Morgan fingerprint density at radius 1 is 1.12 bits per heavy atom. The number of amides is 2. The molecule has 0 saturated carbocycles. The highest BCUT2D eigenvalue weighted by Gasteiger charge is 2.31. The number of methoxy groups -OCH3 is 1. The Bertz CT molecular complexity index is 1440. The maximum absolute atomic E-state index is 14.4. The molecule has 2 N–H and O–H groups in total. The van der Waals surface area contributed by atoms with Crippen molar-refractivity contribution in [1.82, 2.24) is 14.7 Å². The summed E-state index contributed by atoms with van der Waals surface area (Å²) in [6.45, 7) is 7.29. The number of sulfonamides is 1. The summed E-state index contributed by atoms with van der Waals surface area (Å²) in [5, 5.41) is 10.2. The molecule has 0 saturated heterocycles. The molecule has 1 aliphatic heterocycles. The summed E-state index contributed by atoms with van der Waals surface area (Å²) in [5.74, 6) is 0.266. The summed E-state index contributed by atoms with van der Waals surface area (Å²) >= 11 is 0. The average Bonchev–Trinajstić information content (AvgIpc) is 3.05. The van der Waals surface area contributed by atoms with Crippen molar-refractivity contribution >= 4 is 27.5 Å². The Labute approximate surface area is 286 Å². The number of ether oxygens (including phenoxy) is 3. The summed E-state index contributed by atoms with van der Waals surface area (Å²) in [5.41, 5.74) is 0.363. The monoisotopic (exact) mass is 690 g/mol. The van der Waals surface area contributed by atoms with E-state index in [0.717, 1.165) is 25.8 Å². The van der Waals surface area contributed by atoms with Crippen molar-refractivity contribution in [2.45, 2.75) is 76.0 Å². The van der Waals surface area contributed by atoms with E-state index in [1.807, 2.05) is 32.8 Å². The first kappa shape index (κ1) is 39.1. The van der Waals surface area contributed by atoms with Crippen LogP contribution in [0, 0.1) is 5.92 Å². The molecule has 2 amide bonds. The summed E-state index contributed by atoms with van der Waals surface area (Å²) in [6.07, 6.45) is 2.94. The number of benzene rings is 2. The van der Waals surface area contributed by atoms with Gasteiger partial charge in [0.1, 0.15) is 11.5 Å². The van der Waals surface area contributed by atoms with Gasteiger partial charge in [0, 0.05) is 44.8 Å². The van der Waals surface area contributed by atoms with E-state index in [1.165, 1.54) is 25.3 Å². The van der Waals surface area contributed by atoms with E-state index < -0.39 is 22.0 Å². The quantitative estimate of drug-likeness (QED) is 0.337. The van der Waals surface area contributed by atoms with Gasteiger partial charge in [0.05, 0.1) is 42.4 Å². The number of likely N-dealkylation sites (N-methyl/N-ethyl adjacent to an activating group) is 1. The molecule has 3 rings (SSSR count). The normalized spacial score (nSPS) is 20.3. The van der Waals surface area contributed by atoms with E-state index in [9.17, 15) is 23.1 Å². The van der Waals surface area contributed by atoms with Gasteiger partial charge in [-0.1, -0.05) is 6.92 Å². The Kier molecular flexibility index (Phi) is 15.0. The Balaban J connectivity index is 1.93. The minimum Gasteiger partial charge on any atom is -0.497 e. The lowest BCUT2D eigenvalue weighted by Gasteiger charge is -2.36. The van der Waals surface area contributed by atoms with Gasteiger partial charge >= 0.3 is 0 Å². The molecule has 1 aliphatic rings. The highest BCUT2D eigenvalue weighted by atomic mass is 32.2. The third-order valence-corrected chi connectivity index (χ3v) is 9.95. The second-order valence-corrected chi connectivity index (χ2v) is 14.7. The standard InChI is InChI=1S/C35H54N4O8S/c1-25-22-39(26(2)24-40)35(42)31-21-28(36-48(43,44)30-16-14-29(45-7)15-17-30)13-18-32(31)47-27(3)11-8-9-20-46-33(25)23-38(6)34(41)12-10-19-37(4)5/h13-18,21,25-27,33,36,40H,8-12,19-20,22-24H2,1-7H3/t25-,26+,27+,33-/m1/s1. The van der Waals surface area contributed by atoms with Gasteiger partial charge in [-0.3, -0.25) is 14.3 Å². The zero-order chi connectivity index (χ0) is 35.4. The highest BCUT2D eigenvalue weighted by Crippen LogP contribution is 2.30. The molecule has 0 fully saturated rings. The second kappa shape index (κ2) is 18.4. The highest BCUT2D eigenvalue weighted by molar-refractivity contribution is 7.92. The molecule has 0 spiro atoms. The minimum absolute atomic E-state index is 0.0354. The van der Waals surface area contributed by atoms with Gasteiger partial charge < -0.3 is 34.0 Å². The van der Waals surface area contributed by atoms with Gasteiger partial charge in [0.15, 0.2) is 0 Å². The number of aliphatic hydroxyl groups is 1. The number of nitrogens with one attached hydrogen (secondary N) is 1.